The Morgan fingerprint density at radius 2 is 1.38 bits per heavy atom. The van der Waals surface area contributed by atoms with Crippen LogP contribution in [0.15, 0.2) is 12.2 Å². The highest BCUT2D eigenvalue weighted by Gasteiger charge is 2.42. The van der Waals surface area contributed by atoms with E-state index in [1.54, 1.807) is 0 Å². The summed E-state index contributed by atoms with van der Waals surface area (Å²) in [6, 6.07) is 0. The molecule has 0 saturated carbocycles. The van der Waals surface area contributed by atoms with Gasteiger partial charge >= 0.3 is 0 Å². The smallest absolute Gasteiger partial charge is 0.0779 e. The third kappa shape index (κ3) is 4.01. The Morgan fingerprint density at radius 3 is 1.56 bits per heavy atom. The Bertz CT molecular complexity index is 236. The standard InChI is InChI=1S/C10H17N.ClHO4/c1-9(2)10-3-6-11(7-4-10)8-5-10;2-1(3,4)5/h1,3-8H2,2H3;(H,2,3,4,5). The van der Waals surface area contributed by atoms with Gasteiger partial charge in [0.15, 0.2) is 0 Å². The van der Waals surface area contributed by atoms with Crippen molar-refractivity contribution in [2.45, 2.75) is 26.2 Å². The second kappa shape index (κ2) is 5.00. The van der Waals surface area contributed by atoms with E-state index >= 15 is 0 Å². The average molecular weight is 252 g/mol. The molecule has 3 aliphatic heterocycles. The lowest BCUT2D eigenvalue weighted by Gasteiger charge is -2.46. The van der Waals surface area contributed by atoms with Gasteiger partial charge in [0.05, 0.1) is 19.6 Å². The molecule has 3 saturated heterocycles. The zero-order valence-corrected chi connectivity index (χ0v) is 10.2. The molecule has 0 aromatic heterocycles. The lowest BCUT2D eigenvalue weighted by atomic mass is 9.68. The molecule has 3 rings (SSSR count). The third-order valence-electron chi connectivity index (χ3n) is 3.78. The van der Waals surface area contributed by atoms with E-state index in [0.29, 0.717) is 5.41 Å². The quantitative estimate of drug-likeness (QED) is 0.479. The molecule has 2 bridgehead atoms. The van der Waals surface area contributed by atoms with E-state index in [0.717, 1.165) is 0 Å². The second-order valence-corrected chi connectivity index (χ2v) is 5.44. The number of fused-ring (bicyclic) bond motifs is 3. The number of halogens is 1. The largest absolute Gasteiger partial charge is 0.335 e. The van der Waals surface area contributed by atoms with Crippen LogP contribution in [0.1, 0.15) is 26.2 Å². The van der Waals surface area contributed by atoms with Crippen LogP contribution in [-0.2, 0) is 0 Å². The summed E-state index contributed by atoms with van der Waals surface area (Å²) in [7, 11) is -4.94. The summed E-state index contributed by atoms with van der Waals surface area (Å²) in [4.78, 5) is 1.83. The van der Waals surface area contributed by atoms with E-state index in [9.17, 15) is 0 Å². The Kier molecular flexibility index (Phi) is 4.34. The predicted octanol–water partition coefficient (Wildman–Crippen LogP) is -4.12. The zero-order valence-electron chi connectivity index (χ0n) is 9.46. The first kappa shape index (κ1) is 13.9. The highest BCUT2D eigenvalue weighted by molar-refractivity contribution is 5.09. The summed E-state index contributed by atoms with van der Waals surface area (Å²) in [5, 5.41) is 0. The van der Waals surface area contributed by atoms with E-state index in [2.05, 4.69) is 13.5 Å². The fourth-order valence-electron chi connectivity index (χ4n) is 2.64. The first-order valence-corrected chi connectivity index (χ1v) is 6.58. The lowest BCUT2D eigenvalue weighted by molar-refractivity contribution is -2.00. The van der Waals surface area contributed by atoms with Gasteiger partial charge in [-0.25, -0.2) is 18.6 Å². The number of rotatable bonds is 1. The van der Waals surface area contributed by atoms with Crippen molar-refractivity contribution in [3.05, 3.63) is 12.2 Å². The van der Waals surface area contributed by atoms with Crippen LogP contribution in [0.3, 0.4) is 0 Å². The van der Waals surface area contributed by atoms with Crippen LogP contribution >= 0.6 is 0 Å². The van der Waals surface area contributed by atoms with E-state index < -0.39 is 10.2 Å². The monoisotopic (exact) mass is 251 g/mol. The van der Waals surface area contributed by atoms with Gasteiger partial charge in [-0.1, -0.05) is 12.2 Å². The van der Waals surface area contributed by atoms with Gasteiger partial charge in [-0.3, -0.25) is 0 Å². The molecular formula is C10H18ClNO4. The molecule has 0 spiro atoms. The average Bonchev–Trinajstić information content (AvgIpc) is 2.18. The molecule has 16 heavy (non-hydrogen) atoms. The van der Waals surface area contributed by atoms with Crippen molar-refractivity contribution in [1.29, 1.82) is 0 Å². The van der Waals surface area contributed by atoms with Gasteiger partial charge in [0.1, 0.15) is 0 Å². The number of hydrogen-bond donors (Lipinski definition) is 1. The maximum Gasteiger partial charge on any atom is 0.0779 e. The maximum absolute atomic E-state index is 8.49. The van der Waals surface area contributed by atoms with Gasteiger partial charge in [-0.15, -0.1) is 10.2 Å². The van der Waals surface area contributed by atoms with Crippen LogP contribution in [0.2, 0.25) is 0 Å². The van der Waals surface area contributed by atoms with Crippen molar-refractivity contribution < 1.29 is 33.8 Å². The molecule has 94 valence electrons. The number of quaternary nitrogens is 1. The van der Waals surface area contributed by atoms with Crippen molar-refractivity contribution >= 4 is 0 Å². The first-order valence-electron chi connectivity index (χ1n) is 5.34. The van der Waals surface area contributed by atoms with Crippen LogP contribution < -0.4 is 23.5 Å². The van der Waals surface area contributed by atoms with Crippen LogP contribution in [-0.4, -0.2) is 19.6 Å². The minimum atomic E-state index is -4.94. The van der Waals surface area contributed by atoms with Gasteiger partial charge < -0.3 is 4.90 Å². The Balaban J connectivity index is 0.000000221. The molecule has 0 atom stereocenters. The molecule has 0 aromatic carbocycles. The molecule has 3 fully saturated rings. The summed E-state index contributed by atoms with van der Waals surface area (Å²) in [5.41, 5.74) is 2.01. The zero-order chi connectivity index (χ0) is 12.4. The Labute approximate surface area is 97.7 Å². The predicted molar refractivity (Wildman–Crippen MR) is 46.7 cm³/mol. The van der Waals surface area contributed by atoms with Crippen molar-refractivity contribution in [2.24, 2.45) is 5.41 Å². The molecule has 0 radical (unpaired) electrons. The molecule has 0 amide bonds. The molecule has 3 aliphatic rings. The third-order valence-corrected chi connectivity index (χ3v) is 3.78. The fraction of sp³-hybridized carbons (Fsp3) is 0.800. The highest BCUT2D eigenvalue weighted by Crippen LogP contribution is 2.39. The molecule has 0 aliphatic carbocycles. The topological polar surface area (TPSA) is 96.7 Å². The van der Waals surface area contributed by atoms with E-state index in [-0.39, 0.29) is 0 Å². The minimum absolute atomic E-state index is 0.571. The molecule has 0 unspecified atom stereocenters. The number of hydrogen-bond acceptors (Lipinski definition) is 4. The molecule has 1 N–H and O–H groups in total. The van der Waals surface area contributed by atoms with Gasteiger partial charge in [-0.2, -0.15) is 0 Å². The van der Waals surface area contributed by atoms with E-state index in [1.165, 1.54) is 44.5 Å². The van der Waals surface area contributed by atoms with Gasteiger partial charge in [0, 0.05) is 24.7 Å². The van der Waals surface area contributed by atoms with E-state index in [1.807, 2.05) is 4.90 Å². The highest BCUT2D eigenvalue weighted by atomic mass is 35.7. The number of piperidine rings is 3. The fourth-order valence-corrected chi connectivity index (χ4v) is 2.64. The van der Waals surface area contributed by atoms with Crippen molar-refractivity contribution in [2.75, 3.05) is 19.6 Å². The molecule has 0 aromatic rings. The molecular weight excluding hydrogens is 234 g/mol. The minimum Gasteiger partial charge on any atom is -0.335 e. The molecule has 5 nitrogen and oxygen atoms in total. The van der Waals surface area contributed by atoms with Gasteiger partial charge in [0.25, 0.3) is 0 Å². The summed E-state index contributed by atoms with van der Waals surface area (Å²) < 4.78 is 34.0. The SMILES string of the molecule is C=C(C)C12CC[NH+](CC1)CC2.[O-][Cl+3]([O-])([O-])[O-]. The summed E-state index contributed by atoms with van der Waals surface area (Å²) in [6.45, 7) is 10.5. The van der Waals surface area contributed by atoms with E-state index in [4.69, 9.17) is 18.6 Å². The Hall–Kier alpha value is -0.170. The van der Waals surface area contributed by atoms with Crippen LogP contribution in [0, 0.1) is 15.7 Å². The lowest BCUT2D eigenvalue weighted by Crippen LogP contribution is -3.15. The Morgan fingerprint density at radius 1 is 1.06 bits per heavy atom. The van der Waals surface area contributed by atoms with Gasteiger partial charge in [-0.05, 0) is 6.92 Å². The summed E-state index contributed by atoms with van der Waals surface area (Å²) in [5.74, 6) is 0. The number of allylic oxidation sites excluding steroid dienone is 1. The van der Waals surface area contributed by atoms with Crippen LogP contribution in [0.5, 0.6) is 0 Å². The molecule has 6 heteroatoms. The van der Waals surface area contributed by atoms with Crippen LogP contribution in [0.25, 0.3) is 0 Å². The normalized spacial score (nSPS) is 32.9. The van der Waals surface area contributed by atoms with Crippen molar-refractivity contribution in [3.63, 3.8) is 0 Å². The maximum atomic E-state index is 8.49. The summed E-state index contributed by atoms with van der Waals surface area (Å²) >= 11 is 0. The second-order valence-electron chi connectivity index (χ2n) is 4.69. The van der Waals surface area contributed by atoms with Crippen molar-refractivity contribution in [3.8, 4) is 0 Å². The molecule has 3 heterocycles. The van der Waals surface area contributed by atoms with Crippen LogP contribution in [0.4, 0.5) is 0 Å². The van der Waals surface area contributed by atoms with Gasteiger partial charge in [0.2, 0.25) is 0 Å². The number of nitrogens with one attached hydrogen (secondary N) is 1. The summed E-state index contributed by atoms with van der Waals surface area (Å²) in [6.07, 6.45) is 4.20. The van der Waals surface area contributed by atoms with Crippen molar-refractivity contribution in [1.82, 2.24) is 0 Å². The first-order chi connectivity index (χ1) is 7.23.